The van der Waals surface area contributed by atoms with E-state index in [0.29, 0.717) is 18.8 Å². The SMILES string of the molecule is CC1(C)CC[C@]2(C(=O)O)CC[C@]3(C)C(=CC[C@@H]4[C@@]5(C)CC[C@H](O[C@@H]6OC[C@H](O)[C@H](O[C@H]7O[C@H](CO)[C@@H](O)[C@H](O)[C@@H]7O)[C@H]6O)[C@@](C)(CO)[C@@H]5CC[C@]43C)[C@H]2C1. The molecule has 0 unspecified atom stereocenters. The summed E-state index contributed by atoms with van der Waals surface area (Å²) in [5.41, 5.74) is -0.295. The Hall–Kier alpha value is -1.23. The highest BCUT2D eigenvalue weighted by Crippen LogP contribution is 2.76. The van der Waals surface area contributed by atoms with Crippen molar-refractivity contribution in [2.45, 2.75) is 167 Å². The number of carbonyl (C=O) groups is 1. The van der Waals surface area contributed by atoms with Crippen molar-refractivity contribution in [1.82, 2.24) is 0 Å². The normalized spacial score (nSPS) is 54.3. The predicted octanol–water partition coefficient (Wildman–Crippen LogP) is 2.49. The molecule has 13 heteroatoms. The van der Waals surface area contributed by atoms with Crippen LogP contribution in [0, 0.1) is 50.2 Å². The number of aliphatic hydroxyl groups excluding tert-OH is 7. The van der Waals surface area contributed by atoms with Crippen LogP contribution < -0.4 is 0 Å². The molecule has 0 aromatic carbocycles. The molecule has 308 valence electrons. The van der Waals surface area contributed by atoms with Gasteiger partial charge < -0.3 is 59.8 Å². The van der Waals surface area contributed by atoms with Crippen molar-refractivity contribution >= 4 is 5.97 Å². The Kier molecular flexibility index (Phi) is 10.6. The third-order valence-electron chi connectivity index (χ3n) is 17.0. The van der Waals surface area contributed by atoms with Crippen molar-refractivity contribution in [1.29, 1.82) is 0 Å². The zero-order valence-corrected chi connectivity index (χ0v) is 32.9. The first-order valence-electron chi connectivity index (χ1n) is 20.4. The maximum absolute atomic E-state index is 13.0. The summed E-state index contributed by atoms with van der Waals surface area (Å²) in [5.74, 6) is -0.227. The van der Waals surface area contributed by atoms with Gasteiger partial charge in [0.15, 0.2) is 12.6 Å². The van der Waals surface area contributed by atoms with Gasteiger partial charge in [0.1, 0.15) is 42.7 Å². The van der Waals surface area contributed by atoms with E-state index < -0.39 is 84.8 Å². The molecule has 0 aromatic rings. The lowest BCUT2D eigenvalue weighted by Gasteiger charge is -2.71. The second-order valence-corrected chi connectivity index (χ2v) is 20.1. The lowest BCUT2D eigenvalue weighted by molar-refractivity contribution is -0.358. The second kappa shape index (κ2) is 14.0. The Morgan fingerprint density at radius 1 is 0.815 bits per heavy atom. The summed E-state index contributed by atoms with van der Waals surface area (Å²) in [6.45, 7) is 12.8. The largest absolute Gasteiger partial charge is 0.481 e. The van der Waals surface area contributed by atoms with Crippen LogP contribution in [0.4, 0.5) is 0 Å². The minimum atomic E-state index is -1.72. The van der Waals surface area contributed by atoms with Crippen molar-refractivity contribution < 1.29 is 64.6 Å². The maximum Gasteiger partial charge on any atom is 0.310 e. The van der Waals surface area contributed by atoms with Crippen LogP contribution in [0.1, 0.15) is 106 Å². The molecule has 8 N–H and O–H groups in total. The summed E-state index contributed by atoms with van der Waals surface area (Å²) in [7, 11) is 0. The summed E-state index contributed by atoms with van der Waals surface area (Å²) >= 11 is 0. The molecule has 0 aromatic heterocycles. The molecule has 2 aliphatic heterocycles. The molecule has 54 heavy (non-hydrogen) atoms. The number of aliphatic hydroxyl groups is 7. The number of fused-ring (bicyclic) bond motifs is 7. The van der Waals surface area contributed by atoms with E-state index in [1.165, 1.54) is 5.57 Å². The molecule has 4 saturated carbocycles. The Bertz CT molecular complexity index is 1450. The Labute approximate surface area is 319 Å². The molecule has 7 aliphatic rings. The highest BCUT2D eigenvalue weighted by Gasteiger charge is 2.70. The van der Waals surface area contributed by atoms with E-state index in [1.54, 1.807) is 0 Å². The fourth-order valence-corrected chi connectivity index (χ4v) is 13.4. The molecule has 5 aliphatic carbocycles. The van der Waals surface area contributed by atoms with Gasteiger partial charge >= 0.3 is 5.97 Å². The summed E-state index contributed by atoms with van der Waals surface area (Å²) < 4.78 is 23.7. The van der Waals surface area contributed by atoms with E-state index in [-0.39, 0.29) is 46.7 Å². The van der Waals surface area contributed by atoms with Crippen molar-refractivity contribution in [2.24, 2.45) is 50.2 Å². The monoisotopic (exact) mass is 766 g/mol. The van der Waals surface area contributed by atoms with Crippen molar-refractivity contribution in [3.63, 3.8) is 0 Å². The Morgan fingerprint density at radius 2 is 1.52 bits per heavy atom. The number of allylic oxidation sites excluding steroid dienone is 2. The van der Waals surface area contributed by atoms with E-state index >= 15 is 0 Å². The fourth-order valence-electron chi connectivity index (χ4n) is 13.4. The lowest BCUT2D eigenvalue weighted by atomic mass is 9.33. The van der Waals surface area contributed by atoms with Gasteiger partial charge in [0.25, 0.3) is 0 Å². The Morgan fingerprint density at radius 3 is 2.19 bits per heavy atom. The molecule has 13 nitrogen and oxygen atoms in total. The highest BCUT2D eigenvalue weighted by molar-refractivity contribution is 5.76. The van der Waals surface area contributed by atoms with Crippen LogP contribution in [0.3, 0.4) is 0 Å². The number of rotatable bonds is 7. The quantitative estimate of drug-likeness (QED) is 0.138. The third kappa shape index (κ3) is 5.92. The van der Waals surface area contributed by atoms with Gasteiger partial charge in [-0.25, -0.2) is 0 Å². The van der Waals surface area contributed by atoms with E-state index in [1.807, 2.05) is 0 Å². The molecule has 0 bridgehead atoms. The summed E-state index contributed by atoms with van der Waals surface area (Å²) in [6.07, 6.45) is -3.15. The second-order valence-electron chi connectivity index (χ2n) is 20.1. The number of aliphatic carboxylic acids is 1. The zero-order valence-electron chi connectivity index (χ0n) is 32.9. The molecular weight excluding hydrogens is 700 g/mol. The van der Waals surface area contributed by atoms with Gasteiger partial charge in [-0.15, -0.1) is 0 Å². The van der Waals surface area contributed by atoms with Crippen LogP contribution in [0.5, 0.6) is 0 Å². The number of hydrogen-bond acceptors (Lipinski definition) is 12. The van der Waals surface area contributed by atoms with Crippen LogP contribution in [-0.2, 0) is 23.7 Å². The maximum atomic E-state index is 13.0. The van der Waals surface area contributed by atoms with Gasteiger partial charge in [-0.2, -0.15) is 0 Å². The average Bonchev–Trinajstić information content (AvgIpc) is 3.12. The van der Waals surface area contributed by atoms with Crippen molar-refractivity contribution in [2.75, 3.05) is 19.8 Å². The van der Waals surface area contributed by atoms with E-state index in [9.17, 15) is 45.6 Å². The third-order valence-corrected chi connectivity index (χ3v) is 17.0. The highest BCUT2D eigenvalue weighted by atomic mass is 16.7. The zero-order chi connectivity index (χ0) is 39.4. The molecule has 0 spiro atoms. The van der Waals surface area contributed by atoms with Crippen molar-refractivity contribution in [3.05, 3.63) is 11.6 Å². The van der Waals surface area contributed by atoms with Crippen LogP contribution in [0.15, 0.2) is 11.6 Å². The minimum absolute atomic E-state index is 0.0293. The first-order valence-corrected chi connectivity index (χ1v) is 20.4. The topological polar surface area (TPSA) is 216 Å². The van der Waals surface area contributed by atoms with Gasteiger partial charge in [-0.1, -0.05) is 53.2 Å². The average molecular weight is 767 g/mol. The molecule has 7 rings (SSSR count). The number of ether oxygens (including phenoxy) is 4. The van der Waals surface area contributed by atoms with Gasteiger partial charge in [-0.3, -0.25) is 4.79 Å². The first-order chi connectivity index (χ1) is 25.2. The molecule has 0 amide bonds. The van der Waals surface area contributed by atoms with Crippen LogP contribution in [0.2, 0.25) is 0 Å². The Balaban J connectivity index is 1.11. The molecule has 2 saturated heterocycles. The number of carboxylic acids is 1. The van der Waals surface area contributed by atoms with Crippen LogP contribution in [-0.4, -0.2) is 128 Å². The smallest absolute Gasteiger partial charge is 0.310 e. The molecule has 0 radical (unpaired) electrons. The van der Waals surface area contributed by atoms with E-state index in [0.717, 1.165) is 51.4 Å². The lowest BCUT2D eigenvalue weighted by Crippen LogP contribution is -2.67. The molecule has 18 atom stereocenters. The van der Waals surface area contributed by atoms with Crippen LogP contribution >= 0.6 is 0 Å². The van der Waals surface area contributed by atoms with Gasteiger partial charge in [0, 0.05) is 5.41 Å². The summed E-state index contributed by atoms with van der Waals surface area (Å²) in [6, 6.07) is 0. The van der Waals surface area contributed by atoms with Gasteiger partial charge in [-0.05, 0) is 104 Å². The first kappa shape index (κ1) is 40.9. The summed E-state index contributed by atoms with van der Waals surface area (Å²) in [4.78, 5) is 13.0. The van der Waals surface area contributed by atoms with Gasteiger partial charge in [0.05, 0.1) is 31.3 Å². The number of hydrogen-bond donors (Lipinski definition) is 8. The molecule has 6 fully saturated rings. The number of carboxylic acid groups (broad SMARTS) is 1. The van der Waals surface area contributed by atoms with E-state index in [2.05, 4.69) is 47.6 Å². The predicted molar refractivity (Wildman–Crippen MR) is 193 cm³/mol. The standard InChI is InChI=1S/C41H66O13/c1-36(2)13-15-41(35(49)50)16-14-39(5)21(22(41)17-36)7-8-26-37(3)11-10-27(38(4,20-43)25(37)9-12-40(26,39)6)53-33-31(48)32(23(44)19-51-33)54-34-30(47)29(46)28(45)24(18-42)52-34/h7,22-34,42-48H,8-20H2,1-6H3,(H,49,50)/t22-,23+,24-,25-,26-,27+,28-,29+,30+,31-,32+,33+,34-,37+,38+,39-,40-,41+/m1/s1. The fraction of sp³-hybridized carbons (Fsp3) is 0.927. The molecule has 2 heterocycles. The summed E-state index contributed by atoms with van der Waals surface area (Å²) in [5, 5.41) is 84.8. The van der Waals surface area contributed by atoms with Crippen LogP contribution in [0.25, 0.3) is 0 Å². The van der Waals surface area contributed by atoms with Gasteiger partial charge in [0.2, 0.25) is 0 Å². The van der Waals surface area contributed by atoms with Crippen molar-refractivity contribution in [3.8, 4) is 0 Å². The minimum Gasteiger partial charge on any atom is -0.481 e. The van der Waals surface area contributed by atoms with E-state index in [4.69, 9.17) is 18.9 Å². The molecular formula is C41H66O13.